The molecule has 0 aliphatic carbocycles. The zero-order valence-corrected chi connectivity index (χ0v) is 11.9. The van der Waals surface area contributed by atoms with Crippen LogP contribution >= 0.6 is 0 Å². The van der Waals surface area contributed by atoms with Crippen LogP contribution in [-0.2, 0) is 4.79 Å². The van der Waals surface area contributed by atoms with E-state index in [2.05, 4.69) is 0 Å². The maximum Gasteiger partial charge on any atom is 0.224 e. The quantitative estimate of drug-likeness (QED) is 0.817. The molecule has 1 aromatic rings. The molecule has 0 aromatic heterocycles. The molecule has 1 saturated heterocycles. The molecule has 1 amide bonds. The van der Waals surface area contributed by atoms with Crippen molar-refractivity contribution in [3.8, 4) is 5.75 Å². The standard InChI is InChI=1S/C15H20N2O3/c1-15(14(16)19)7-8-17(10-15)9-12(18)11-5-3-4-6-13(11)20-2/h3-6H,7-10H2,1-2H3,(H2,16,19). The highest BCUT2D eigenvalue weighted by atomic mass is 16.5. The maximum atomic E-state index is 12.3. The van der Waals surface area contributed by atoms with E-state index in [9.17, 15) is 9.59 Å². The molecule has 1 atom stereocenters. The number of amides is 1. The summed E-state index contributed by atoms with van der Waals surface area (Å²) in [6.07, 6.45) is 0.696. The minimum Gasteiger partial charge on any atom is -0.496 e. The van der Waals surface area contributed by atoms with Crippen molar-refractivity contribution in [2.75, 3.05) is 26.7 Å². The van der Waals surface area contributed by atoms with Gasteiger partial charge in [-0.25, -0.2) is 0 Å². The van der Waals surface area contributed by atoms with E-state index in [1.807, 2.05) is 24.0 Å². The highest BCUT2D eigenvalue weighted by Gasteiger charge is 2.39. The van der Waals surface area contributed by atoms with Crippen molar-refractivity contribution in [2.45, 2.75) is 13.3 Å². The molecule has 1 aliphatic heterocycles. The third-order valence-corrected chi connectivity index (χ3v) is 3.92. The van der Waals surface area contributed by atoms with Crippen molar-refractivity contribution >= 4 is 11.7 Å². The summed E-state index contributed by atoms with van der Waals surface area (Å²) < 4.78 is 5.20. The number of ether oxygens (including phenoxy) is 1. The van der Waals surface area contributed by atoms with Gasteiger partial charge >= 0.3 is 0 Å². The highest BCUT2D eigenvalue weighted by molar-refractivity contribution is 6.00. The lowest BCUT2D eigenvalue weighted by Crippen LogP contribution is -2.38. The number of carbonyl (C=O) groups excluding carboxylic acids is 2. The number of para-hydroxylation sites is 1. The van der Waals surface area contributed by atoms with Gasteiger partial charge in [0, 0.05) is 6.54 Å². The van der Waals surface area contributed by atoms with Crippen LogP contribution in [0.25, 0.3) is 0 Å². The van der Waals surface area contributed by atoms with Gasteiger partial charge in [-0.3, -0.25) is 14.5 Å². The second-order valence-electron chi connectivity index (χ2n) is 5.51. The van der Waals surface area contributed by atoms with Crippen molar-refractivity contribution in [2.24, 2.45) is 11.1 Å². The third-order valence-electron chi connectivity index (χ3n) is 3.92. The first-order valence-corrected chi connectivity index (χ1v) is 6.65. The fourth-order valence-corrected chi connectivity index (χ4v) is 2.56. The number of nitrogens with two attached hydrogens (primary N) is 1. The van der Waals surface area contributed by atoms with E-state index in [4.69, 9.17) is 10.5 Å². The van der Waals surface area contributed by atoms with Crippen LogP contribution in [0.4, 0.5) is 0 Å². The average molecular weight is 276 g/mol. The minimum atomic E-state index is -0.527. The summed E-state index contributed by atoms with van der Waals surface area (Å²) in [6, 6.07) is 7.16. The predicted molar refractivity (Wildman–Crippen MR) is 75.7 cm³/mol. The zero-order valence-electron chi connectivity index (χ0n) is 11.9. The van der Waals surface area contributed by atoms with Gasteiger partial charge in [-0.05, 0) is 32.0 Å². The monoisotopic (exact) mass is 276 g/mol. The second kappa shape index (κ2) is 5.63. The number of benzene rings is 1. The van der Waals surface area contributed by atoms with Gasteiger partial charge in [0.2, 0.25) is 5.91 Å². The van der Waals surface area contributed by atoms with Crippen LogP contribution in [0.3, 0.4) is 0 Å². The van der Waals surface area contributed by atoms with Crippen molar-refractivity contribution in [1.82, 2.24) is 4.90 Å². The molecular weight excluding hydrogens is 256 g/mol. The Morgan fingerprint density at radius 2 is 2.10 bits per heavy atom. The Kier molecular flexibility index (Phi) is 4.09. The molecule has 0 radical (unpaired) electrons. The van der Waals surface area contributed by atoms with Crippen molar-refractivity contribution in [3.63, 3.8) is 0 Å². The molecule has 108 valence electrons. The summed E-state index contributed by atoms with van der Waals surface area (Å²) in [6.45, 7) is 3.37. The molecule has 5 heteroatoms. The minimum absolute atomic E-state index is 0.00355. The third kappa shape index (κ3) is 2.82. The van der Waals surface area contributed by atoms with Crippen LogP contribution in [0.1, 0.15) is 23.7 Å². The Bertz CT molecular complexity index is 530. The van der Waals surface area contributed by atoms with E-state index < -0.39 is 5.41 Å². The number of ketones is 1. The van der Waals surface area contributed by atoms with Gasteiger partial charge in [0.1, 0.15) is 5.75 Å². The van der Waals surface area contributed by atoms with E-state index in [0.717, 1.165) is 0 Å². The Balaban J connectivity index is 2.05. The summed E-state index contributed by atoms with van der Waals surface area (Å²) in [5.41, 5.74) is 5.46. The van der Waals surface area contributed by atoms with Gasteiger partial charge in [0.25, 0.3) is 0 Å². The molecule has 1 aliphatic rings. The molecule has 1 unspecified atom stereocenters. The fraction of sp³-hybridized carbons (Fsp3) is 0.467. The number of carbonyl (C=O) groups is 2. The lowest BCUT2D eigenvalue weighted by atomic mass is 9.89. The lowest BCUT2D eigenvalue weighted by Gasteiger charge is -2.20. The summed E-state index contributed by atoms with van der Waals surface area (Å²) >= 11 is 0. The second-order valence-corrected chi connectivity index (χ2v) is 5.51. The summed E-state index contributed by atoms with van der Waals surface area (Å²) in [5.74, 6) is 0.273. The van der Waals surface area contributed by atoms with Gasteiger partial charge in [-0.2, -0.15) is 0 Å². The summed E-state index contributed by atoms with van der Waals surface area (Å²) in [4.78, 5) is 25.7. The largest absolute Gasteiger partial charge is 0.496 e. The lowest BCUT2D eigenvalue weighted by molar-refractivity contribution is -0.126. The summed E-state index contributed by atoms with van der Waals surface area (Å²) in [7, 11) is 1.55. The molecule has 20 heavy (non-hydrogen) atoms. The van der Waals surface area contributed by atoms with Crippen LogP contribution in [0.2, 0.25) is 0 Å². The fourth-order valence-electron chi connectivity index (χ4n) is 2.56. The van der Waals surface area contributed by atoms with E-state index in [1.54, 1.807) is 19.2 Å². The number of rotatable bonds is 5. The Morgan fingerprint density at radius 3 is 2.70 bits per heavy atom. The molecule has 2 rings (SSSR count). The van der Waals surface area contributed by atoms with E-state index in [-0.39, 0.29) is 18.2 Å². The summed E-state index contributed by atoms with van der Waals surface area (Å²) in [5, 5.41) is 0. The van der Waals surface area contributed by atoms with Gasteiger partial charge in [0.15, 0.2) is 5.78 Å². The van der Waals surface area contributed by atoms with E-state index in [0.29, 0.717) is 30.8 Å². The number of methoxy groups -OCH3 is 1. The molecule has 1 aromatic carbocycles. The number of primary amides is 1. The highest BCUT2D eigenvalue weighted by Crippen LogP contribution is 2.29. The molecule has 0 bridgehead atoms. The smallest absolute Gasteiger partial charge is 0.224 e. The van der Waals surface area contributed by atoms with Crippen LogP contribution in [-0.4, -0.2) is 43.3 Å². The Labute approximate surface area is 118 Å². The molecule has 1 heterocycles. The molecule has 5 nitrogen and oxygen atoms in total. The normalized spacial score (nSPS) is 22.7. The first-order chi connectivity index (χ1) is 9.46. The van der Waals surface area contributed by atoms with Crippen LogP contribution in [0, 0.1) is 5.41 Å². The van der Waals surface area contributed by atoms with Crippen molar-refractivity contribution in [1.29, 1.82) is 0 Å². The molecular formula is C15H20N2O3. The van der Waals surface area contributed by atoms with Gasteiger partial charge in [-0.15, -0.1) is 0 Å². The van der Waals surface area contributed by atoms with Crippen LogP contribution < -0.4 is 10.5 Å². The van der Waals surface area contributed by atoms with Crippen LogP contribution in [0.15, 0.2) is 24.3 Å². The number of nitrogens with zero attached hydrogens (tertiary/aromatic N) is 1. The SMILES string of the molecule is COc1ccccc1C(=O)CN1CCC(C)(C(N)=O)C1. The van der Waals surface area contributed by atoms with Crippen molar-refractivity contribution in [3.05, 3.63) is 29.8 Å². The van der Waals surface area contributed by atoms with Gasteiger partial charge < -0.3 is 10.5 Å². The van der Waals surface area contributed by atoms with Gasteiger partial charge in [-0.1, -0.05) is 12.1 Å². The Hall–Kier alpha value is -1.88. The van der Waals surface area contributed by atoms with E-state index >= 15 is 0 Å². The predicted octanol–water partition coefficient (Wildman–Crippen LogP) is 1.08. The molecule has 0 saturated carbocycles. The number of likely N-dealkylation sites (tertiary alicyclic amines) is 1. The maximum absolute atomic E-state index is 12.3. The topological polar surface area (TPSA) is 72.6 Å². The molecule has 0 spiro atoms. The number of Topliss-reactive ketones (excluding diaryl/α,β-unsaturated/α-hetero) is 1. The zero-order chi connectivity index (χ0) is 14.8. The molecule has 1 fully saturated rings. The number of hydrogen-bond donors (Lipinski definition) is 1. The van der Waals surface area contributed by atoms with Crippen LogP contribution in [0.5, 0.6) is 5.75 Å². The Morgan fingerprint density at radius 1 is 1.40 bits per heavy atom. The number of hydrogen-bond acceptors (Lipinski definition) is 4. The first-order valence-electron chi connectivity index (χ1n) is 6.65. The average Bonchev–Trinajstić information content (AvgIpc) is 2.81. The molecule has 2 N–H and O–H groups in total. The van der Waals surface area contributed by atoms with Crippen molar-refractivity contribution < 1.29 is 14.3 Å². The van der Waals surface area contributed by atoms with Gasteiger partial charge in [0.05, 0.1) is 24.6 Å². The first kappa shape index (κ1) is 14.5. The van der Waals surface area contributed by atoms with E-state index in [1.165, 1.54) is 0 Å².